The van der Waals surface area contributed by atoms with Crippen molar-refractivity contribution in [1.29, 1.82) is 0 Å². The van der Waals surface area contributed by atoms with E-state index in [2.05, 4.69) is 0 Å². The first-order valence-electron chi connectivity index (χ1n) is 7.63. The number of rotatable bonds is 1. The van der Waals surface area contributed by atoms with Crippen molar-refractivity contribution in [3.63, 3.8) is 0 Å². The SMILES string of the molecule is Fc1cccc2ccccc12.O=S(=O)(Cl)c1ccc(F)c2ccccc12. The van der Waals surface area contributed by atoms with Crippen molar-refractivity contribution in [3.8, 4) is 0 Å². The highest BCUT2D eigenvalue weighted by molar-refractivity contribution is 8.14. The summed E-state index contributed by atoms with van der Waals surface area (Å²) in [6.45, 7) is 0. The van der Waals surface area contributed by atoms with Crippen LogP contribution in [0.25, 0.3) is 21.5 Å². The van der Waals surface area contributed by atoms with Gasteiger partial charge in [0.1, 0.15) is 11.6 Å². The Morgan fingerprint density at radius 3 is 1.81 bits per heavy atom. The quantitative estimate of drug-likeness (QED) is 0.380. The van der Waals surface area contributed by atoms with Gasteiger partial charge >= 0.3 is 0 Å². The van der Waals surface area contributed by atoms with Gasteiger partial charge in [-0.3, -0.25) is 0 Å². The summed E-state index contributed by atoms with van der Waals surface area (Å²) in [5, 5.41) is 2.19. The van der Waals surface area contributed by atoms with Crippen molar-refractivity contribution in [2.45, 2.75) is 4.90 Å². The van der Waals surface area contributed by atoms with E-state index in [0.29, 0.717) is 10.8 Å². The van der Waals surface area contributed by atoms with Crippen LogP contribution >= 0.6 is 10.7 Å². The second-order valence-corrected chi connectivity index (χ2v) is 8.02. The fourth-order valence-electron chi connectivity index (χ4n) is 2.63. The summed E-state index contributed by atoms with van der Waals surface area (Å²) in [7, 11) is 1.40. The minimum absolute atomic E-state index is 0.0684. The molecule has 6 heteroatoms. The average Bonchev–Trinajstić information content (AvgIpc) is 2.62. The van der Waals surface area contributed by atoms with Gasteiger partial charge in [-0.15, -0.1) is 0 Å². The highest BCUT2D eigenvalue weighted by atomic mass is 35.7. The monoisotopic (exact) mass is 390 g/mol. The Hall–Kier alpha value is -2.50. The van der Waals surface area contributed by atoms with E-state index in [1.54, 1.807) is 24.3 Å². The lowest BCUT2D eigenvalue weighted by Gasteiger charge is -2.03. The van der Waals surface area contributed by atoms with E-state index in [-0.39, 0.29) is 16.1 Å². The lowest BCUT2D eigenvalue weighted by Crippen LogP contribution is -1.93. The van der Waals surface area contributed by atoms with Gasteiger partial charge in [0.25, 0.3) is 9.05 Å². The van der Waals surface area contributed by atoms with E-state index >= 15 is 0 Å². The molecule has 0 saturated heterocycles. The van der Waals surface area contributed by atoms with E-state index in [1.165, 1.54) is 24.3 Å². The summed E-state index contributed by atoms with van der Waals surface area (Å²) in [4.78, 5) is -0.0684. The van der Waals surface area contributed by atoms with Crippen LogP contribution in [0.2, 0.25) is 0 Å². The molecule has 0 saturated carbocycles. The van der Waals surface area contributed by atoms with Crippen LogP contribution < -0.4 is 0 Å². The molecule has 0 heterocycles. The molecule has 26 heavy (non-hydrogen) atoms. The Morgan fingerprint density at radius 1 is 0.615 bits per heavy atom. The summed E-state index contributed by atoms with van der Waals surface area (Å²) in [5.41, 5.74) is 0. The van der Waals surface area contributed by atoms with Crippen LogP contribution in [-0.4, -0.2) is 8.42 Å². The van der Waals surface area contributed by atoms with E-state index in [9.17, 15) is 17.2 Å². The predicted octanol–water partition coefficient (Wildman–Crippen LogP) is 5.89. The zero-order chi connectivity index (χ0) is 18.7. The molecule has 0 atom stereocenters. The summed E-state index contributed by atoms with van der Waals surface area (Å²) < 4.78 is 48.7. The maximum atomic E-state index is 13.3. The molecule has 0 radical (unpaired) electrons. The first-order valence-corrected chi connectivity index (χ1v) is 9.94. The molecule has 0 amide bonds. The van der Waals surface area contributed by atoms with Gasteiger partial charge in [0.2, 0.25) is 0 Å². The largest absolute Gasteiger partial charge is 0.261 e. The summed E-state index contributed by atoms with van der Waals surface area (Å²) in [6, 6.07) is 21.1. The topological polar surface area (TPSA) is 34.1 Å². The molecule has 0 aromatic heterocycles. The lowest BCUT2D eigenvalue weighted by atomic mass is 10.1. The maximum Gasteiger partial charge on any atom is 0.261 e. The second-order valence-electron chi connectivity index (χ2n) is 5.49. The zero-order valence-electron chi connectivity index (χ0n) is 13.4. The normalized spacial score (nSPS) is 11.2. The molecule has 0 fully saturated rings. The zero-order valence-corrected chi connectivity index (χ0v) is 14.9. The Labute approximate surface area is 154 Å². The molecule has 4 aromatic carbocycles. The number of hydrogen-bond acceptors (Lipinski definition) is 2. The van der Waals surface area contributed by atoms with Crippen molar-refractivity contribution >= 4 is 41.3 Å². The fraction of sp³-hybridized carbons (Fsp3) is 0. The predicted molar refractivity (Wildman–Crippen MR) is 101 cm³/mol. The molecule has 0 aliphatic rings. The summed E-state index contributed by atoms with van der Waals surface area (Å²) in [6.07, 6.45) is 0. The van der Waals surface area contributed by atoms with Crippen LogP contribution in [0.15, 0.2) is 83.8 Å². The highest BCUT2D eigenvalue weighted by Crippen LogP contribution is 2.27. The van der Waals surface area contributed by atoms with Crippen molar-refractivity contribution in [2.24, 2.45) is 0 Å². The average molecular weight is 391 g/mol. The third-order valence-electron chi connectivity index (χ3n) is 3.83. The van der Waals surface area contributed by atoms with Gasteiger partial charge in [-0.25, -0.2) is 17.2 Å². The molecular weight excluding hydrogens is 378 g/mol. The smallest absolute Gasteiger partial charge is 0.207 e. The van der Waals surface area contributed by atoms with Crippen LogP contribution in [0.3, 0.4) is 0 Å². The molecule has 0 bridgehead atoms. The molecule has 0 aliphatic heterocycles. The molecule has 0 spiro atoms. The number of hydrogen-bond donors (Lipinski definition) is 0. The van der Waals surface area contributed by atoms with E-state index in [1.807, 2.05) is 24.3 Å². The molecule has 4 rings (SSSR count). The first kappa shape index (κ1) is 18.3. The number of fused-ring (bicyclic) bond motifs is 2. The molecule has 2 nitrogen and oxygen atoms in total. The highest BCUT2D eigenvalue weighted by Gasteiger charge is 2.15. The standard InChI is InChI=1S/C10H6ClFO2S.C10H7F/c11-15(13,14)10-6-5-9(12)7-3-1-2-4-8(7)10;11-10-7-3-5-8-4-1-2-6-9(8)10/h1-6H;1-7H. The van der Waals surface area contributed by atoms with Crippen LogP contribution in [0.4, 0.5) is 8.78 Å². The van der Waals surface area contributed by atoms with Gasteiger partial charge in [0, 0.05) is 26.8 Å². The van der Waals surface area contributed by atoms with Crippen molar-refractivity contribution in [3.05, 3.63) is 90.5 Å². The van der Waals surface area contributed by atoms with E-state index in [4.69, 9.17) is 10.7 Å². The van der Waals surface area contributed by atoms with Crippen LogP contribution in [0.1, 0.15) is 0 Å². The van der Waals surface area contributed by atoms with Crippen LogP contribution in [-0.2, 0) is 9.05 Å². The third-order valence-corrected chi connectivity index (χ3v) is 5.21. The van der Waals surface area contributed by atoms with Gasteiger partial charge in [-0.1, -0.05) is 60.7 Å². The number of benzene rings is 4. The third kappa shape index (κ3) is 3.84. The minimum Gasteiger partial charge on any atom is -0.207 e. The Morgan fingerprint density at radius 2 is 1.15 bits per heavy atom. The van der Waals surface area contributed by atoms with E-state index < -0.39 is 14.9 Å². The van der Waals surface area contributed by atoms with Gasteiger partial charge < -0.3 is 0 Å². The fourth-order valence-corrected chi connectivity index (χ4v) is 3.71. The minimum atomic E-state index is -3.84. The molecule has 0 N–H and O–H groups in total. The Balaban J connectivity index is 0.000000158. The van der Waals surface area contributed by atoms with Crippen molar-refractivity contribution in [1.82, 2.24) is 0 Å². The number of halogens is 3. The van der Waals surface area contributed by atoms with E-state index in [0.717, 1.165) is 11.5 Å². The summed E-state index contributed by atoms with van der Waals surface area (Å²) >= 11 is 0. The molecule has 0 aliphatic carbocycles. The van der Waals surface area contributed by atoms with Gasteiger partial charge in [-0.05, 0) is 23.6 Å². The lowest BCUT2D eigenvalue weighted by molar-refractivity contribution is 0.609. The molecular formula is C20H13ClF2O2S. The first-order chi connectivity index (χ1) is 12.4. The maximum absolute atomic E-state index is 13.3. The van der Waals surface area contributed by atoms with Crippen molar-refractivity contribution in [2.75, 3.05) is 0 Å². The van der Waals surface area contributed by atoms with Crippen LogP contribution in [0, 0.1) is 11.6 Å². The second kappa shape index (κ2) is 7.40. The molecule has 0 unspecified atom stereocenters. The van der Waals surface area contributed by atoms with Crippen LogP contribution in [0.5, 0.6) is 0 Å². The van der Waals surface area contributed by atoms with Gasteiger partial charge in [0.05, 0.1) is 4.90 Å². The Kier molecular flexibility index (Phi) is 5.20. The Bertz CT molecular complexity index is 1190. The molecule has 4 aromatic rings. The summed E-state index contributed by atoms with van der Waals surface area (Å²) in [5.74, 6) is -0.613. The van der Waals surface area contributed by atoms with Crippen molar-refractivity contribution < 1.29 is 17.2 Å². The van der Waals surface area contributed by atoms with Gasteiger partial charge in [0.15, 0.2) is 0 Å². The molecule has 132 valence electrons. The van der Waals surface area contributed by atoms with Gasteiger partial charge in [-0.2, -0.15) is 0 Å².